The van der Waals surface area contributed by atoms with Crippen molar-refractivity contribution in [1.82, 2.24) is 10.4 Å². The molecule has 0 fully saturated rings. The summed E-state index contributed by atoms with van der Waals surface area (Å²) in [7, 11) is 0. The highest BCUT2D eigenvalue weighted by molar-refractivity contribution is 5.99. The van der Waals surface area contributed by atoms with Crippen LogP contribution in [0.4, 0.5) is 0 Å². The second-order valence-electron chi connectivity index (χ2n) is 7.80. The Kier molecular flexibility index (Phi) is 6.40. The molecule has 0 saturated carbocycles. The van der Waals surface area contributed by atoms with E-state index < -0.39 is 5.54 Å². The Labute approximate surface area is 151 Å². The lowest BCUT2D eigenvalue weighted by Gasteiger charge is -2.36. The molecule has 25 heavy (non-hydrogen) atoms. The Morgan fingerprint density at radius 3 is 2.48 bits per heavy atom. The van der Waals surface area contributed by atoms with Crippen LogP contribution in [0, 0.1) is 6.92 Å². The first-order chi connectivity index (χ1) is 11.8. The van der Waals surface area contributed by atoms with Crippen LogP contribution in [-0.2, 0) is 4.79 Å². The second-order valence-corrected chi connectivity index (χ2v) is 7.80. The maximum atomic E-state index is 13.0. The van der Waals surface area contributed by atoms with Crippen molar-refractivity contribution in [2.45, 2.75) is 71.8 Å². The largest absolute Gasteiger partial charge is 0.272 e. The van der Waals surface area contributed by atoms with Gasteiger partial charge >= 0.3 is 0 Å². The normalized spacial score (nSPS) is 15.6. The summed E-state index contributed by atoms with van der Waals surface area (Å²) in [6.07, 6.45) is 8.29. The van der Waals surface area contributed by atoms with Gasteiger partial charge in [0.25, 0.3) is 11.8 Å². The van der Waals surface area contributed by atoms with Crippen LogP contribution in [0.15, 0.2) is 35.9 Å². The van der Waals surface area contributed by atoms with Crippen LogP contribution >= 0.6 is 0 Å². The Hall–Kier alpha value is -2.10. The van der Waals surface area contributed by atoms with Gasteiger partial charge in [0, 0.05) is 11.1 Å². The summed E-state index contributed by atoms with van der Waals surface area (Å²) in [5, 5.41) is 1.46. The van der Waals surface area contributed by atoms with Gasteiger partial charge in [0.1, 0.15) is 0 Å². The van der Waals surface area contributed by atoms with Crippen LogP contribution in [0.2, 0.25) is 0 Å². The zero-order valence-corrected chi connectivity index (χ0v) is 15.9. The van der Waals surface area contributed by atoms with Crippen LogP contribution in [0.5, 0.6) is 0 Å². The highest BCUT2D eigenvalue weighted by Gasteiger charge is 2.30. The molecule has 1 aromatic rings. The number of amides is 2. The van der Waals surface area contributed by atoms with Gasteiger partial charge in [-0.05, 0) is 65.5 Å². The summed E-state index contributed by atoms with van der Waals surface area (Å²) in [6, 6.07) is 7.45. The fourth-order valence-corrected chi connectivity index (χ4v) is 3.00. The average Bonchev–Trinajstić information content (AvgIpc) is 2.50. The van der Waals surface area contributed by atoms with Gasteiger partial charge in [0.2, 0.25) is 0 Å². The quantitative estimate of drug-likeness (QED) is 0.802. The number of hydrogen-bond acceptors (Lipinski definition) is 2. The van der Waals surface area contributed by atoms with Crippen molar-refractivity contribution in [2.75, 3.05) is 0 Å². The molecule has 0 heterocycles. The minimum atomic E-state index is -0.515. The van der Waals surface area contributed by atoms with Crippen LogP contribution in [0.25, 0.3) is 0 Å². The molecule has 0 saturated heterocycles. The zero-order chi connectivity index (χ0) is 18.4. The molecule has 1 aromatic carbocycles. The second kappa shape index (κ2) is 8.32. The third-order valence-electron chi connectivity index (χ3n) is 4.43. The molecule has 1 N–H and O–H groups in total. The van der Waals surface area contributed by atoms with Crippen LogP contribution in [-0.4, -0.2) is 22.4 Å². The van der Waals surface area contributed by atoms with Crippen LogP contribution < -0.4 is 5.43 Å². The van der Waals surface area contributed by atoms with E-state index in [9.17, 15) is 9.59 Å². The van der Waals surface area contributed by atoms with E-state index in [0.29, 0.717) is 5.56 Å². The number of aryl methyl sites for hydroxylation is 1. The Morgan fingerprint density at radius 1 is 1.08 bits per heavy atom. The van der Waals surface area contributed by atoms with Gasteiger partial charge in [-0.25, -0.2) is 5.01 Å². The summed E-state index contributed by atoms with van der Waals surface area (Å²) in [4.78, 5) is 25.7. The molecular formula is C21H30N2O2. The summed E-state index contributed by atoms with van der Waals surface area (Å²) in [6.45, 7) is 7.73. The predicted octanol–water partition coefficient (Wildman–Crippen LogP) is 4.55. The molecule has 0 aliphatic heterocycles. The predicted molar refractivity (Wildman–Crippen MR) is 101 cm³/mol. The van der Waals surface area contributed by atoms with Crippen LogP contribution in [0.3, 0.4) is 0 Å². The Morgan fingerprint density at radius 2 is 1.80 bits per heavy atom. The molecule has 1 aliphatic carbocycles. The number of carbonyl (C=O) groups excluding carboxylic acids is 2. The fourth-order valence-electron chi connectivity index (χ4n) is 3.00. The summed E-state index contributed by atoms with van der Waals surface area (Å²) >= 11 is 0. The molecule has 4 nitrogen and oxygen atoms in total. The number of carbonyl (C=O) groups is 2. The molecule has 0 radical (unpaired) electrons. The van der Waals surface area contributed by atoms with Crippen molar-refractivity contribution < 1.29 is 9.59 Å². The van der Waals surface area contributed by atoms with Gasteiger partial charge in [-0.3, -0.25) is 15.0 Å². The van der Waals surface area contributed by atoms with Gasteiger partial charge in [-0.2, -0.15) is 0 Å². The van der Waals surface area contributed by atoms with Crippen LogP contribution in [0.1, 0.15) is 75.2 Å². The standard InChI is InChI=1S/C21H30N2O2/c1-16-11-10-14-18(15-16)20(25)23(21(2,3)4)22-19(24)17-12-8-6-5-7-9-13-17/h10-12,14-15H,5-9,13H2,1-4H3,(H,22,24). The average molecular weight is 342 g/mol. The van der Waals surface area contributed by atoms with Gasteiger partial charge < -0.3 is 0 Å². The Balaban J connectivity index is 2.20. The third-order valence-corrected chi connectivity index (χ3v) is 4.43. The lowest BCUT2D eigenvalue weighted by Crippen LogP contribution is -2.56. The molecule has 136 valence electrons. The highest BCUT2D eigenvalue weighted by atomic mass is 16.2. The third kappa shape index (κ3) is 5.45. The topological polar surface area (TPSA) is 49.4 Å². The van der Waals surface area contributed by atoms with E-state index >= 15 is 0 Å². The van der Waals surface area contributed by atoms with Crippen molar-refractivity contribution in [3.8, 4) is 0 Å². The van der Waals surface area contributed by atoms with E-state index in [-0.39, 0.29) is 11.8 Å². The number of benzene rings is 1. The van der Waals surface area contributed by atoms with Gasteiger partial charge in [0.05, 0.1) is 5.54 Å². The van der Waals surface area contributed by atoms with Crippen molar-refractivity contribution in [2.24, 2.45) is 0 Å². The monoisotopic (exact) mass is 342 g/mol. The SMILES string of the molecule is Cc1cccc(C(=O)N(NC(=O)C2=CCCCCCC2)C(C)(C)C)c1. The smallest absolute Gasteiger partial charge is 0.268 e. The summed E-state index contributed by atoms with van der Waals surface area (Å²) in [5.74, 6) is -0.339. The van der Waals surface area contributed by atoms with Gasteiger partial charge in [-0.1, -0.05) is 36.6 Å². The number of nitrogens with one attached hydrogen (secondary N) is 1. The van der Waals surface area contributed by atoms with E-state index in [1.165, 1.54) is 11.4 Å². The minimum Gasteiger partial charge on any atom is -0.268 e. The fraction of sp³-hybridized carbons (Fsp3) is 0.524. The van der Waals surface area contributed by atoms with Crippen molar-refractivity contribution in [3.63, 3.8) is 0 Å². The number of nitrogens with zero attached hydrogens (tertiary/aromatic N) is 1. The summed E-state index contributed by atoms with van der Waals surface area (Å²) < 4.78 is 0. The number of hydrogen-bond donors (Lipinski definition) is 1. The van der Waals surface area contributed by atoms with E-state index in [1.54, 1.807) is 6.07 Å². The van der Waals surface area contributed by atoms with Crippen molar-refractivity contribution in [3.05, 3.63) is 47.0 Å². The number of allylic oxidation sites excluding steroid dienone is 1. The molecule has 4 heteroatoms. The maximum Gasteiger partial charge on any atom is 0.272 e. The first-order valence-electron chi connectivity index (χ1n) is 9.20. The lowest BCUT2D eigenvalue weighted by atomic mass is 9.99. The first-order valence-corrected chi connectivity index (χ1v) is 9.20. The first kappa shape index (κ1) is 19.2. The zero-order valence-electron chi connectivity index (χ0n) is 15.9. The molecule has 1 aliphatic rings. The molecule has 2 rings (SSSR count). The van der Waals surface area contributed by atoms with E-state index in [4.69, 9.17) is 0 Å². The molecule has 0 bridgehead atoms. The molecule has 0 atom stereocenters. The highest BCUT2D eigenvalue weighted by Crippen LogP contribution is 2.20. The molecule has 0 unspecified atom stereocenters. The van der Waals surface area contributed by atoms with E-state index in [0.717, 1.165) is 43.2 Å². The number of hydrazine groups is 1. The molecular weight excluding hydrogens is 312 g/mol. The van der Waals surface area contributed by atoms with Crippen molar-refractivity contribution >= 4 is 11.8 Å². The summed E-state index contributed by atoms with van der Waals surface area (Å²) in [5.41, 5.74) is 4.76. The molecule has 2 amide bonds. The Bertz CT molecular complexity index is 656. The van der Waals surface area contributed by atoms with Gasteiger partial charge in [0.15, 0.2) is 0 Å². The minimum absolute atomic E-state index is 0.155. The molecule has 0 aromatic heterocycles. The molecule has 0 spiro atoms. The van der Waals surface area contributed by atoms with E-state index in [2.05, 4.69) is 5.43 Å². The number of rotatable bonds is 2. The maximum absolute atomic E-state index is 13.0. The van der Waals surface area contributed by atoms with E-state index in [1.807, 2.05) is 52.0 Å². The van der Waals surface area contributed by atoms with Gasteiger partial charge in [-0.15, -0.1) is 0 Å². The van der Waals surface area contributed by atoms with Crippen molar-refractivity contribution in [1.29, 1.82) is 0 Å². The lowest BCUT2D eigenvalue weighted by molar-refractivity contribution is -0.123.